The zero-order valence-corrected chi connectivity index (χ0v) is 11.5. The van der Waals surface area contributed by atoms with Gasteiger partial charge in [-0.05, 0) is 49.8 Å². The molecule has 0 bridgehead atoms. The molecule has 100 valence electrons. The number of hydrogen-bond acceptors (Lipinski definition) is 2. The molecule has 0 aliphatic heterocycles. The predicted octanol–water partition coefficient (Wildman–Crippen LogP) is 3.39. The zero-order valence-electron chi connectivity index (χ0n) is 11.5. The Kier molecular flexibility index (Phi) is 3.53. The highest BCUT2D eigenvalue weighted by molar-refractivity contribution is 5.55. The fraction of sp³-hybridized carbons (Fsp3) is 0.438. The van der Waals surface area contributed by atoms with E-state index in [0.717, 1.165) is 13.1 Å². The summed E-state index contributed by atoms with van der Waals surface area (Å²) in [5.74, 6) is 0. The standard InChI is InChI=1S/C16H21N3/c1-2-19-12-17-10-14(19)11-18-16-9-5-7-13-6-3-4-8-15(13)16/h5,7,9-10,12,18H,2-4,6,8,11H2,1H3. The first kappa shape index (κ1) is 12.3. The van der Waals surface area contributed by atoms with Crippen molar-refractivity contribution in [3.8, 4) is 0 Å². The van der Waals surface area contributed by atoms with E-state index in [0.29, 0.717) is 0 Å². The van der Waals surface area contributed by atoms with Crippen LogP contribution in [0.25, 0.3) is 0 Å². The van der Waals surface area contributed by atoms with Crippen molar-refractivity contribution in [2.45, 2.75) is 45.7 Å². The average molecular weight is 255 g/mol. The van der Waals surface area contributed by atoms with Crippen LogP contribution in [-0.2, 0) is 25.9 Å². The molecule has 0 saturated heterocycles. The van der Waals surface area contributed by atoms with E-state index in [1.165, 1.54) is 48.2 Å². The Balaban J connectivity index is 1.77. The maximum absolute atomic E-state index is 4.22. The molecule has 1 N–H and O–H groups in total. The summed E-state index contributed by atoms with van der Waals surface area (Å²) in [4.78, 5) is 4.22. The Hall–Kier alpha value is -1.77. The molecule has 1 heterocycles. The Morgan fingerprint density at radius 1 is 1.26 bits per heavy atom. The number of aryl methyl sites for hydroxylation is 2. The highest BCUT2D eigenvalue weighted by Crippen LogP contribution is 2.28. The minimum atomic E-state index is 0.851. The molecule has 0 radical (unpaired) electrons. The van der Waals surface area contributed by atoms with Crippen molar-refractivity contribution < 1.29 is 0 Å². The van der Waals surface area contributed by atoms with Crippen molar-refractivity contribution in [3.05, 3.63) is 47.5 Å². The van der Waals surface area contributed by atoms with Gasteiger partial charge in [0.1, 0.15) is 0 Å². The highest BCUT2D eigenvalue weighted by atomic mass is 15.1. The lowest BCUT2D eigenvalue weighted by atomic mass is 9.90. The second-order valence-corrected chi connectivity index (χ2v) is 5.17. The van der Waals surface area contributed by atoms with Gasteiger partial charge < -0.3 is 9.88 Å². The van der Waals surface area contributed by atoms with E-state index >= 15 is 0 Å². The summed E-state index contributed by atoms with van der Waals surface area (Å²) in [5.41, 5.74) is 5.61. The van der Waals surface area contributed by atoms with E-state index < -0.39 is 0 Å². The number of hydrogen-bond donors (Lipinski definition) is 1. The minimum Gasteiger partial charge on any atom is -0.379 e. The van der Waals surface area contributed by atoms with Gasteiger partial charge in [-0.3, -0.25) is 0 Å². The van der Waals surface area contributed by atoms with Crippen LogP contribution in [0.5, 0.6) is 0 Å². The summed E-state index contributed by atoms with van der Waals surface area (Å²) >= 11 is 0. The molecule has 3 nitrogen and oxygen atoms in total. The lowest BCUT2D eigenvalue weighted by molar-refractivity contribution is 0.685. The fourth-order valence-electron chi connectivity index (χ4n) is 2.91. The van der Waals surface area contributed by atoms with Gasteiger partial charge in [0, 0.05) is 18.4 Å². The molecule has 1 aliphatic carbocycles. The molecule has 0 unspecified atom stereocenters. The average Bonchev–Trinajstić information content (AvgIpc) is 2.92. The maximum atomic E-state index is 4.22. The molecule has 0 spiro atoms. The summed E-state index contributed by atoms with van der Waals surface area (Å²) in [7, 11) is 0. The summed E-state index contributed by atoms with van der Waals surface area (Å²) in [6, 6.07) is 6.65. The third-order valence-electron chi connectivity index (χ3n) is 4.00. The quantitative estimate of drug-likeness (QED) is 0.907. The van der Waals surface area contributed by atoms with Gasteiger partial charge >= 0.3 is 0 Å². The van der Waals surface area contributed by atoms with E-state index in [2.05, 4.69) is 40.0 Å². The van der Waals surface area contributed by atoms with Crippen molar-refractivity contribution in [2.75, 3.05) is 5.32 Å². The number of fused-ring (bicyclic) bond motifs is 1. The van der Waals surface area contributed by atoms with Crippen LogP contribution in [0.3, 0.4) is 0 Å². The minimum absolute atomic E-state index is 0.851. The maximum Gasteiger partial charge on any atom is 0.0948 e. The van der Waals surface area contributed by atoms with Crippen molar-refractivity contribution in [1.82, 2.24) is 9.55 Å². The number of nitrogens with one attached hydrogen (secondary N) is 1. The summed E-state index contributed by atoms with van der Waals surface area (Å²) in [6.07, 6.45) is 8.95. The molecule has 19 heavy (non-hydrogen) atoms. The van der Waals surface area contributed by atoms with Crippen LogP contribution in [0.4, 0.5) is 5.69 Å². The number of imidazole rings is 1. The Morgan fingerprint density at radius 3 is 3.05 bits per heavy atom. The largest absolute Gasteiger partial charge is 0.379 e. The predicted molar refractivity (Wildman–Crippen MR) is 78.3 cm³/mol. The summed E-state index contributed by atoms with van der Waals surface area (Å²) in [6.45, 7) is 3.98. The molecule has 1 aromatic heterocycles. The third-order valence-corrected chi connectivity index (χ3v) is 4.00. The van der Waals surface area contributed by atoms with Crippen molar-refractivity contribution in [2.24, 2.45) is 0 Å². The Labute approximate surface area is 114 Å². The van der Waals surface area contributed by atoms with Crippen LogP contribution in [0.2, 0.25) is 0 Å². The molecule has 0 atom stereocenters. The monoisotopic (exact) mass is 255 g/mol. The van der Waals surface area contributed by atoms with E-state index in [1.807, 2.05) is 12.5 Å². The second kappa shape index (κ2) is 5.47. The molecular weight excluding hydrogens is 234 g/mol. The topological polar surface area (TPSA) is 29.9 Å². The molecular formula is C16H21N3. The first-order chi connectivity index (χ1) is 9.38. The van der Waals surface area contributed by atoms with Crippen LogP contribution in [0.15, 0.2) is 30.7 Å². The molecule has 0 saturated carbocycles. The van der Waals surface area contributed by atoms with Gasteiger partial charge in [0.2, 0.25) is 0 Å². The van der Waals surface area contributed by atoms with Gasteiger partial charge in [-0.2, -0.15) is 0 Å². The lowest BCUT2D eigenvalue weighted by Crippen LogP contribution is -2.10. The number of benzene rings is 1. The fourth-order valence-corrected chi connectivity index (χ4v) is 2.91. The first-order valence-electron chi connectivity index (χ1n) is 7.22. The third kappa shape index (κ3) is 2.50. The van der Waals surface area contributed by atoms with E-state index in [9.17, 15) is 0 Å². The van der Waals surface area contributed by atoms with Crippen molar-refractivity contribution in [3.63, 3.8) is 0 Å². The number of nitrogens with zero attached hydrogens (tertiary/aromatic N) is 2. The Morgan fingerprint density at radius 2 is 2.16 bits per heavy atom. The van der Waals surface area contributed by atoms with Gasteiger partial charge in [-0.1, -0.05) is 12.1 Å². The molecule has 1 aliphatic rings. The number of rotatable bonds is 4. The Bertz CT molecular complexity index is 557. The van der Waals surface area contributed by atoms with Crippen LogP contribution >= 0.6 is 0 Å². The second-order valence-electron chi connectivity index (χ2n) is 5.17. The molecule has 2 aromatic rings. The van der Waals surface area contributed by atoms with E-state index in [4.69, 9.17) is 0 Å². The van der Waals surface area contributed by atoms with Gasteiger partial charge in [0.05, 0.1) is 18.6 Å². The first-order valence-corrected chi connectivity index (χ1v) is 7.22. The molecule has 0 fully saturated rings. The molecule has 0 amide bonds. The highest BCUT2D eigenvalue weighted by Gasteiger charge is 2.12. The van der Waals surface area contributed by atoms with Gasteiger partial charge in [0.25, 0.3) is 0 Å². The van der Waals surface area contributed by atoms with E-state index in [1.54, 1.807) is 0 Å². The smallest absolute Gasteiger partial charge is 0.0948 e. The van der Waals surface area contributed by atoms with Crippen molar-refractivity contribution in [1.29, 1.82) is 0 Å². The van der Waals surface area contributed by atoms with Crippen molar-refractivity contribution >= 4 is 5.69 Å². The molecule has 1 aromatic carbocycles. The number of aromatic nitrogens is 2. The van der Waals surface area contributed by atoms with Gasteiger partial charge in [-0.25, -0.2) is 4.98 Å². The molecule has 3 rings (SSSR count). The zero-order chi connectivity index (χ0) is 13.1. The van der Waals surface area contributed by atoms with E-state index in [-0.39, 0.29) is 0 Å². The number of anilines is 1. The van der Waals surface area contributed by atoms with Gasteiger partial charge in [-0.15, -0.1) is 0 Å². The van der Waals surface area contributed by atoms with Crippen LogP contribution in [0.1, 0.15) is 36.6 Å². The van der Waals surface area contributed by atoms with Crippen LogP contribution < -0.4 is 5.32 Å². The lowest BCUT2D eigenvalue weighted by Gasteiger charge is -2.20. The van der Waals surface area contributed by atoms with Crippen LogP contribution in [-0.4, -0.2) is 9.55 Å². The summed E-state index contributed by atoms with van der Waals surface area (Å²) in [5, 5.41) is 3.59. The van der Waals surface area contributed by atoms with Crippen LogP contribution in [0, 0.1) is 0 Å². The molecule has 3 heteroatoms. The van der Waals surface area contributed by atoms with Gasteiger partial charge in [0.15, 0.2) is 0 Å². The SMILES string of the molecule is CCn1cncc1CNc1cccc2c1CCCC2. The summed E-state index contributed by atoms with van der Waals surface area (Å²) < 4.78 is 2.18. The normalized spacial score (nSPS) is 14.2.